The predicted octanol–water partition coefficient (Wildman–Crippen LogP) is 2.37. The minimum absolute atomic E-state index is 0.206. The molecular formula is C17H26N2O2S. The van der Waals surface area contributed by atoms with Gasteiger partial charge in [0.25, 0.3) is 0 Å². The van der Waals surface area contributed by atoms with Crippen LogP contribution in [-0.2, 0) is 16.6 Å². The van der Waals surface area contributed by atoms with Crippen molar-refractivity contribution in [1.29, 1.82) is 0 Å². The normalized spacial score (nSPS) is 22.6. The zero-order chi connectivity index (χ0) is 15.6. The number of benzene rings is 1. The van der Waals surface area contributed by atoms with Crippen LogP contribution in [0.25, 0.3) is 0 Å². The summed E-state index contributed by atoms with van der Waals surface area (Å²) in [6.45, 7) is 2.88. The summed E-state index contributed by atoms with van der Waals surface area (Å²) in [4.78, 5) is 2.43. The molecule has 1 heterocycles. The molecule has 0 unspecified atom stereocenters. The molecule has 1 aromatic carbocycles. The second-order valence-electron chi connectivity index (χ2n) is 7.06. The maximum Gasteiger partial charge on any atom is 0.209 e. The Hall–Kier alpha value is -0.910. The molecule has 1 aliphatic heterocycles. The molecule has 0 radical (unpaired) electrons. The van der Waals surface area contributed by atoms with E-state index in [1.807, 2.05) is 6.07 Å². The fraction of sp³-hybridized carbons (Fsp3) is 0.647. The van der Waals surface area contributed by atoms with E-state index in [9.17, 15) is 8.42 Å². The van der Waals surface area contributed by atoms with Crippen LogP contribution in [0, 0.1) is 5.92 Å². The first-order valence-electron chi connectivity index (χ1n) is 8.19. The third kappa shape index (κ3) is 4.54. The molecule has 22 heavy (non-hydrogen) atoms. The smallest absolute Gasteiger partial charge is 0.209 e. The van der Waals surface area contributed by atoms with Crippen molar-refractivity contribution < 1.29 is 8.42 Å². The first kappa shape index (κ1) is 16.0. The summed E-state index contributed by atoms with van der Waals surface area (Å²) in [5.74, 6) is 0.731. The molecule has 1 saturated carbocycles. The molecular weight excluding hydrogens is 296 g/mol. The van der Waals surface area contributed by atoms with Crippen molar-refractivity contribution in [2.24, 2.45) is 5.92 Å². The largest absolute Gasteiger partial charge is 0.299 e. The Balaban J connectivity index is 1.61. The van der Waals surface area contributed by atoms with E-state index in [1.54, 1.807) is 0 Å². The van der Waals surface area contributed by atoms with E-state index in [-0.39, 0.29) is 5.54 Å². The zero-order valence-electron chi connectivity index (χ0n) is 13.3. The lowest BCUT2D eigenvalue weighted by Crippen LogP contribution is -2.55. The number of rotatable bonds is 6. The van der Waals surface area contributed by atoms with Gasteiger partial charge >= 0.3 is 0 Å². The van der Waals surface area contributed by atoms with Gasteiger partial charge in [0.15, 0.2) is 0 Å². The first-order valence-corrected chi connectivity index (χ1v) is 10.1. The topological polar surface area (TPSA) is 49.4 Å². The van der Waals surface area contributed by atoms with Gasteiger partial charge in [0.1, 0.15) is 0 Å². The summed E-state index contributed by atoms with van der Waals surface area (Å²) in [5, 5.41) is 0. The third-order valence-corrected chi connectivity index (χ3v) is 5.64. The molecule has 1 saturated heterocycles. The second-order valence-corrected chi connectivity index (χ2v) is 8.81. The van der Waals surface area contributed by atoms with E-state index >= 15 is 0 Å². The molecule has 2 aliphatic rings. The highest BCUT2D eigenvalue weighted by molar-refractivity contribution is 7.88. The number of nitrogens with one attached hydrogen (secondary N) is 1. The van der Waals surface area contributed by atoms with Gasteiger partial charge in [-0.25, -0.2) is 13.1 Å². The van der Waals surface area contributed by atoms with E-state index < -0.39 is 10.0 Å². The van der Waals surface area contributed by atoms with Gasteiger partial charge in [-0.05, 0) is 30.7 Å². The van der Waals surface area contributed by atoms with Gasteiger partial charge in [0.05, 0.1) is 6.26 Å². The number of sulfonamides is 1. The van der Waals surface area contributed by atoms with Crippen molar-refractivity contribution in [1.82, 2.24) is 9.62 Å². The summed E-state index contributed by atoms with van der Waals surface area (Å²) in [7, 11) is -3.14. The minimum Gasteiger partial charge on any atom is -0.299 e. The molecule has 1 aliphatic carbocycles. The Kier molecular flexibility index (Phi) is 4.57. The van der Waals surface area contributed by atoms with Crippen molar-refractivity contribution in [3.8, 4) is 0 Å². The molecule has 3 rings (SSSR count). The molecule has 2 fully saturated rings. The Morgan fingerprint density at radius 2 is 1.82 bits per heavy atom. The van der Waals surface area contributed by atoms with Crippen LogP contribution in [0.1, 0.15) is 37.7 Å². The number of nitrogens with zero attached hydrogens (tertiary/aromatic N) is 1. The number of likely N-dealkylation sites (tertiary alicyclic amines) is 1. The van der Waals surface area contributed by atoms with Crippen LogP contribution in [0.15, 0.2) is 30.3 Å². The maximum absolute atomic E-state index is 11.8. The van der Waals surface area contributed by atoms with Crippen LogP contribution in [0.3, 0.4) is 0 Å². The average Bonchev–Trinajstić information content (AvgIpc) is 3.25. The van der Waals surface area contributed by atoms with Gasteiger partial charge in [-0.3, -0.25) is 4.90 Å². The lowest BCUT2D eigenvalue weighted by Gasteiger charge is -2.42. The summed E-state index contributed by atoms with van der Waals surface area (Å²) >= 11 is 0. The first-order chi connectivity index (χ1) is 10.4. The quantitative estimate of drug-likeness (QED) is 0.875. The van der Waals surface area contributed by atoms with Crippen LogP contribution in [0.2, 0.25) is 0 Å². The zero-order valence-corrected chi connectivity index (χ0v) is 14.1. The molecule has 0 spiro atoms. The van der Waals surface area contributed by atoms with Crippen LogP contribution in [0.5, 0.6) is 0 Å². The summed E-state index contributed by atoms with van der Waals surface area (Å²) in [5.41, 5.74) is 1.12. The Bertz CT molecular complexity index is 588. The number of hydrogen-bond acceptors (Lipinski definition) is 3. The second kappa shape index (κ2) is 6.30. The molecule has 4 nitrogen and oxygen atoms in total. The average molecular weight is 322 g/mol. The lowest BCUT2D eigenvalue weighted by molar-refractivity contribution is 0.134. The maximum atomic E-state index is 11.8. The van der Waals surface area contributed by atoms with E-state index in [0.717, 1.165) is 44.8 Å². The van der Waals surface area contributed by atoms with Crippen molar-refractivity contribution in [2.75, 3.05) is 19.3 Å². The molecule has 1 aromatic rings. The Morgan fingerprint density at radius 3 is 2.36 bits per heavy atom. The number of piperidine rings is 1. The lowest BCUT2D eigenvalue weighted by atomic mass is 9.83. The molecule has 0 aromatic heterocycles. The molecule has 0 atom stereocenters. The van der Waals surface area contributed by atoms with Crippen LogP contribution in [-0.4, -0.2) is 38.2 Å². The standard InChI is InChI=1S/C17H26N2O2S/c1-22(20,21)18-17(13-15-7-8-15)9-11-19(12-10-17)14-16-5-3-2-4-6-16/h2-6,15,18H,7-14H2,1H3. The molecule has 1 N–H and O–H groups in total. The highest BCUT2D eigenvalue weighted by Crippen LogP contribution is 2.41. The fourth-order valence-corrected chi connectivity index (χ4v) is 4.67. The van der Waals surface area contributed by atoms with Crippen molar-refractivity contribution >= 4 is 10.0 Å². The third-order valence-electron chi connectivity index (χ3n) is 4.84. The fourth-order valence-electron chi connectivity index (χ4n) is 3.60. The van der Waals surface area contributed by atoms with Crippen molar-refractivity contribution in [3.05, 3.63) is 35.9 Å². The highest BCUT2D eigenvalue weighted by Gasteiger charge is 2.41. The van der Waals surface area contributed by atoms with Crippen molar-refractivity contribution in [3.63, 3.8) is 0 Å². The van der Waals surface area contributed by atoms with E-state index in [4.69, 9.17) is 0 Å². The molecule has 0 bridgehead atoms. The minimum atomic E-state index is -3.14. The van der Waals surface area contributed by atoms with E-state index in [0.29, 0.717) is 0 Å². The van der Waals surface area contributed by atoms with Gasteiger partial charge in [0.2, 0.25) is 10.0 Å². The molecule has 122 valence electrons. The number of hydrogen-bond donors (Lipinski definition) is 1. The van der Waals surface area contributed by atoms with Gasteiger partial charge in [-0.2, -0.15) is 0 Å². The summed E-state index contributed by atoms with van der Waals surface area (Å²) < 4.78 is 26.5. The Morgan fingerprint density at radius 1 is 1.18 bits per heavy atom. The monoisotopic (exact) mass is 322 g/mol. The highest BCUT2D eigenvalue weighted by atomic mass is 32.2. The molecule has 5 heteroatoms. The van der Waals surface area contributed by atoms with E-state index in [1.165, 1.54) is 24.7 Å². The van der Waals surface area contributed by atoms with Crippen LogP contribution in [0.4, 0.5) is 0 Å². The van der Waals surface area contributed by atoms with Crippen molar-refractivity contribution in [2.45, 2.75) is 44.2 Å². The molecule has 0 amide bonds. The van der Waals surface area contributed by atoms with E-state index in [2.05, 4.69) is 33.9 Å². The van der Waals surface area contributed by atoms with Gasteiger partial charge < -0.3 is 0 Å². The Labute approximate surface area is 134 Å². The summed E-state index contributed by atoms with van der Waals surface area (Å²) in [6.07, 6.45) is 6.67. The van der Waals surface area contributed by atoms with Gasteiger partial charge in [0, 0.05) is 25.2 Å². The van der Waals surface area contributed by atoms with Gasteiger partial charge in [-0.15, -0.1) is 0 Å². The SMILES string of the molecule is CS(=O)(=O)NC1(CC2CC2)CCN(Cc2ccccc2)CC1. The van der Waals surface area contributed by atoms with Crippen LogP contribution < -0.4 is 4.72 Å². The predicted molar refractivity (Wildman–Crippen MR) is 89.0 cm³/mol. The van der Waals surface area contributed by atoms with Crippen LogP contribution >= 0.6 is 0 Å². The van der Waals surface area contributed by atoms with Gasteiger partial charge in [-0.1, -0.05) is 43.2 Å². The summed E-state index contributed by atoms with van der Waals surface area (Å²) in [6, 6.07) is 10.5.